The molecule has 0 radical (unpaired) electrons. The topological polar surface area (TPSA) is 94.5 Å². The molecular weight excluding hydrogens is 440 g/mol. The Kier molecular flexibility index (Phi) is 7.36. The average molecular weight is 475 g/mol. The monoisotopic (exact) mass is 474 g/mol. The Morgan fingerprint density at radius 3 is 2.86 bits per heavy atom. The van der Waals surface area contributed by atoms with Gasteiger partial charge in [0.15, 0.2) is 5.96 Å². The quantitative estimate of drug-likeness (QED) is 0.498. The summed E-state index contributed by atoms with van der Waals surface area (Å²) in [6.07, 6.45) is 6.56. The van der Waals surface area contributed by atoms with E-state index < -0.39 is 11.6 Å². The number of benzene rings is 2. The minimum atomic E-state index is -0.529. The lowest BCUT2D eigenvalue weighted by atomic mass is 9.90. The van der Waals surface area contributed by atoms with Crippen molar-refractivity contribution in [1.29, 1.82) is 5.41 Å². The van der Waals surface area contributed by atoms with E-state index >= 15 is 0 Å². The second kappa shape index (κ2) is 10.4. The van der Waals surface area contributed by atoms with E-state index in [0.29, 0.717) is 18.6 Å². The molecule has 0 saturated carbocycles. The maximum Gasteiger partial charge on any atom is 0.251 e. The summed E-state index contributed by atoms with van der Waals surface area (Å²) >= 11 is 0. The number of nitrogens with one attached hydrogen (secondary N) is 3. The first kappa shape index (κ1) is 24.7. The number of ether oxygens (including phenoxy) is 1. The van der Waals surface area contributed by atoms with Crippen LogP contribution in [-0.2, 0) is 16.0 Å². The van der Waals surface area contributed by atoms with Gasteiger partial charge >= 0.3 is 0 Å². The molecule has 4 rings (SSSR count). The normalized spacial score (nSPS) is 22.7. The van der Waals surface area contributed by atoms with Crippen LogP contribution in [0.15, 0.2) is 60.7 Å². The minimum absolute atomic E-state index is 0.00692. The zero-order valence-electron chi connectivity index (χ0n) is 20.6. The van der Waals surface area contributed by atoms with Gasteiger partial charge in [-0.1, -0.05) is 55.5 Å². The molecular formula is C28H34N4O3. The first-order valence-electron chi connectivity index (χ1n) is 12.2. The third-order valence-corrected chi connectivity index (χ3v) is 7.04. The molecule has 1 aliphatic heterocycles. The Balaban J connectivity index is 1.59. The van der Waals surface area contributed by atoms with Crippen LogP contribution in [0.3, 0.4) is 0 Å². The smallest absolute Gasteiger partial charge is 0.251 e. The number of methoxy groups -OCH3 is 1. The molecule has 0 aromatic heterocycles. The summed E-state index contributed by atoms with van der Waals surface area (Å²) < 4.78 is 5.16. The van der Waals surface area contributed by atoms with E-state index in [4.69, 9.17) is 10.1 Å². The van der Waals surface area contributed by atoms with Crippen molar-refractivity contribution in [2.24, 2.45) is 0 Å². The molecule has 1 aliphatic carbocycles. The molecule has 2 aliphatic rings. The van der Waals surface area contributed by atoms with Gasteiger partial charge in [0, 0.05) is 18.2 Å². The fraction of sp³-hybridized carbons (Fsp3) is 0.393. The summed E-state index contributed by atoms with van der Waals surface area (Å²) in [5, 5.41) is 15.0. The Bertz CT molecular complexity index is 1120. The van der Waals surface area contributed by atoms with Crippen molar-refractivity contribution in [2.75, 3.05) is 13.7 Å². The van der Waals surface area contributed by atoms with Gasteiger partial charge in [0.05, 0.1) is 25.1 Å². The number of guanidine groups is 1. The van der Waals surface area contributed by atoms with E-state index in [1.165, 1.54) is 16.0 Å². The standard InChI is InChI=1S/C28H34N4O3/c1-4-28(2)18-25(33)32(27(29)31-28)24(13-8-16-35-3)20-10-7-11-21(17-20)26(34)30-23-15-14-19-9-5-6-12-22(19)23/h5-13,17,23-24H,4,14-16,18H2,1-3H3,(H2,29,31)(H,30,34)/b13-8+/t23-,24?,28?/m0/s1. The predicted molar refractivity (Wildman–Crippen MR) is 136 cm³/mol. The van der Waals surface area contributed by atoms with E-state index in [2.05, 4.69) is 22.8 Å². The van der Waals surface area contributed by atoms with Gasteiger partial charge in [-0.2, -0.15) is 0 Å². The Hall–Kier alpha value is -3.45. The highest BCUT2D eigenvalue weighted by atomic mass is 16.5. The van der Waals surface area contributed by atoms with E-state index in [1.807, 2.05) is 56.3 Å². The van der Waals surface area contributed by atoms with Crippen LogP contribution in [0.25, 0.3) is 0 Å². The van der Waals surface area contributed by atoms with Gasteiger partial charge in [0.25, 0.3) is 5.91 Å². The SMILES string of the molecule is CCC1(C)CC(=O)N(C(/C=C/COC)c2cccc(C(=O)N[C@H]3CCc4ccccc43)c2)C(=N)N1. The molecule has 2 unspecified atom stereocenters. The van der Waals surface area contributed by atoms with Crippen molar-refractivity contribution >= 4 is 17.8 Å². The summed E-state index contributed by atoms with van der Waals surface area (Å²) in [7, 11) is 1.60. The largest absolute Gasteiger partial charge is 0.381 e. The third-order valence-electron chi connectivity index (χ3n) is 7.04. The van der Waals surface area contributed by atoms with Gasteiger partial charge in [-0.25, -0.2) is 0 Å². The van der Waals surface area contributed by atoms with Crippen LogP contribution in [0, 0.1) is 5.41 Å². The highest BCUT2D eigenvalue weighted by Crippen LogP contribution is 2.32. The summed E-state index contributed by atoms with van der Waals surface area (Å²) in [6, 6.07) is 15.0. The predicted octanol–water partition coefficient (Wildman–Crippen LogP) is 4.27. The minimum Gasteiger partial charge on any atom is -0.381 e. The molecule has 3 atom stereocenters. The molecule has 2 aromatic rings. The number of hydrogen-bond donors (Lipinski definition) is 3. The molecule has 7 heteroatoms. The van der Waals surface area contributed by atoms with E-state index in [1.54, 1.807) is 13.2 Å². The molecule has 2 aromatic carbocycles. The van der Waals surface area contributed by atoms with Gasteiger partial charge < -0.3 is 15.4 Å². The molecule has 3 N–H and O–H groups in total. The first-order valence-corrected chi connectivity index (χ1v) is 12.2. The summed E-state index contributed by atoms with van der Waals surface area (Å²) in [6.45, 7) is 4.34. The van der Waals surface area contributed by atoms with E-state index in [-0.39, 0.29) is 23.8 Å². The number of carbonyl (C=O) groups excluding carboxylic acids is 2. The van der Waals surface area contributed by atoms with Crippen LogP contribution in [0.2, 0.25) is 0 Å². The van der Waals surface area contributed by atoms with Crippen LogP contribution in [0.4, 0.5) is 0 Å². The van der Waals surface area contributed by atoms with Gasteiger partial charge in [-0.3, -0.25) is 19.9 Å². The number of hydrogen-bond acceptors (Lipinski definition) is 4. The molecule has 0 spiro atoms. The molecule has 2 amide bonds. The van der Waals surface area contributed by atoms with Crippen molar-refractivity contribution in [3.8, 4) is 0 Å². The van der Waals surface area contributed by atoms with Crippen molar-refractivity contribution in [3.63, 3.8) is 0 Å². The van der Waals surface area contributed by atoms with Gasteiger partial charge in [0.2, 0.25) is 5.91 Å². The Labute approximate surface area is 207 Å². The average Bonchev–Trinajstić information content (AvgIpc) is 3.25. The van der Waals surface area contributed by atoms with Crippen LogP contribution in [0.5, 0.6) is 0 Å². The molecule has 0 bridgehead atoms. The Morgan fingerprint density at radius 2 is 2.11 bits per heavy atom. The highest BCUT2D eigenvalue weighted by molar-refractivity contribution is 6.00. The third kappa shape index (κ3) is 5.30. The molecule has 7 nitrogen and oxygen atoms in total. The van der Waals surface area contributed by atoms with Crippen LogP contribution in [-0.4, -0.2) is 41.9 Å². The van der Waals surface area contributed by atoms with Crippen molar-refractivity contribution in [2.45, 2.75) is 57.2 Å². The van der Waals surface area contributed by atoms with Gasteiger partial charge in [-0.15, -0.1) is 0 Å². The second-order valence-electron chi connectivity index (χ2n) is 9.55. The van der Waals surface area contributed by atoms with Crippen molar-refractivity contribution in [1.82, 2.24) is 15.5 Å². The zero-order valence-corrected chi connectivity index (χ0v) is 20.6. The second-order valence-corrected chi connectivity index (χ2v) is 9.55. The molecule has 184 valence electrons. The van der Waals surface area contributed by atoms with Crippen molar-refractivity contribution in [3.05, 3.63) is 82.9 Å². The fourth-order valence-electron chi connectivity index (χ4n) is 4.88. The number of rotatable bonds is 8. The number of fused-ring (bicyclic) bond motifs is 1. The van der Waals surface area contributed by atoms with Gasteiger partial charge in [-0.05, 0) is 55.0 Å². The summed E-state index contributed by atoms with van der Waals surface area (Å²) in [5.41, 5.74) is 3.31. The molecule has 35 heavy (non-hydrogen) atoms. The lowest BCUT2D eigenvalue weighted by Crippen LogP contribution is -2.61. The van der Waals surface area contributed by atoms with Crippen molar-refractivity contribution < 1.29 is 14.3 Å². The number of nitrogens with zero attached hydrogens (tertiary/aromatic N) is 1. The van der Waals surface area contributed by atoms with Crippen LogP contribution >= 0.6 is 0 Å². The molecule has 1 heterocycles. The summed E-state index contributed by atoms with van der Waals surface area (Å²) in [5.74, 6) is -0.206. The zero-order chi connectivity index (χ0) is 25.0. The van der Waals surface area contributed by atoms with E-state index in [0.717, 1.165) is 24.8 Å². The van der Waals surface area contributed by atoms with Gasteiger partial charge in [0.1, 0.15) is 0 Å². The van der Waals surface area contributed by atoms with Crippen LogP contribution in [0.1, 0.15) is 72.2 Å². The molecule has 1 fully saturated rings. The maximum absolute atomic E-state index is 13.2. The number of aryl methyl sites for hydroxylation is 1. The molecule has 1 saturated heterocycles. The highest BCUT2D eigenvalue weighted by Gasteiger charge is 2.39. The van der Waals surface area contributed by atoms with E-state index in [9.17, 15) is 9.59 Å². The first-order chi connectivity index (χ1) is 16.8. The lowest BCUT2D eigenvalue weighted by Gasteiger charge is -2.42. The van der Waals surface area contributed by atoms with Crippen LogP contribution < -0.4 is 10.6 Å². The lowest BCUT2D eigenvalue weighted by molar-refractivity contribution is -0.131. The Morgan fingerprint density at radius 1 is 1.31 bits per heavy atom. The number of amides is 2. The summed E-state index contributed by atoms with van der Waals surface area (Å²) in [4.78, 5) is 27.8. The maximum atomic E-state index is 13.2. The number of carbonyl (C=O) groups is 2. The fourth-order valence-corrected chi connectivity index (χ4v) is 4.88.